The van der Waals surface area contributed by atoms with Gasteiger partial charge in [-0.2, -0.15) is 4.76 Å². The summed E-state index contributed by atoms with van der Waals surface area (Å²) in [5.74, 6) is -0.428. The molecule has 0 spiro atoms. The van der Waals surface area contributed by atoms with Gasteiger partial charge in [-0.25, -0.2) is 4.57 Å². The van der Waals surface area contributed by atoms with Gasteiger partial charge >= 0.3 is 7.75 Å². The van der Waals surface area contributed by atoms with E-state index in [0.717, 1.165) is 11.6 Å². The molecule has 0 radical (unpaired) electrons. The second kappa shape index (κ2) is 6.58. The van der Waals surface area contributed by atoms with Crippen LogP contribution in [0.2, 0.25) is 0 Å². The molecule has 0 saturated heterocycles. The Kier molecular flexibility index (Phi) is 4.94. The fourth-order valence-electron chi connectivity index (χ4n) is 2.42. The second-order valence-electron chi connectivity index (χ2n) is 5.43. The highest BCUT2D eigenvalue weighted by molar-refractivity contribution is 7.50. The number of nitrogens with zero attached hydrogens (tertiary/aromatic N) is 1. The zero-order valence-electron chi connectivity index (χ0n) is 12.4. The molecule has 0 bridgehead atoms. The Hall–Kier alpha value is -2.08. The van der Waals surface area contributed by atoms with Gasteiger partial charge in [0.05, 0.1) is 5.71 Å². The summed E-state index contributed by atoms with van der Waals surface area (Å²) in [6.45, 7) is 1.87. The van der Waals surface area contributed by atoms with E-state index in [0.29, 0.717) is 0 Å². The van der Waals surface area contributed by atoms with Crippen molar-refractivity contribution in [1.82, 2.24) is 0 Å². The van der Waals surface area contributed by atoms with Crippen LogP contribution in [0.5, 0.6) is 5.75 Å². The largest absolute Gasteiger partial charge is 0.512 e. The van der Waals surface area contributed by atoms with Gasteiger partial charge in [0.25, 0.3) is 0 Å². The Balaban J connectivity index is 2.33. The maximum atomic E-state index is 11.1. The van der Waals surface area contributed by atoms with Crippen LogP contribution >= 0.6 is 7.75 Å². The van der Waals surface area contributed by atoms with Crippen LogP contribution in [0.3, 0.4) is 0 Å². The molecule has 2 rings (SSSR count). The van der Waals surface area contributed by atoms with Gasteiger partial charge in [-0.3, -0.25) is 0 Å². The lowest BCUT2D eigenvalue weighted by atomic mass is 9.88. The van der Waals surface area contributed by atoms with Crippen molar-refractivity contribution in [3.63, 3.8) is 0 Å². The molecule has 1 atom stereocenters. The fourth-order valence-corrected chi connectivity index (χ4v) is 2.93. The summed E-state index contributed by atoms with van der Waals surface area (Å²) in [4.78, 5) is 18.1. The van der Waals surface area contributed by atoms with Crippen LogP contribution < -0.4 is 0 Å². The minimum absolute atomic E-state index is 0.0264. The smallest absolute Gasteiger partial charge is 0.448 e. The van der Waals surface area contributed by atoms with Crippen LogP contribution in [-0.2, 0) is 4.57 Å². The molecular weight excluding hydrogens is 321 g/mol. The number of rotatable bonds is 4. The van der Waals surface area contributed by atoms with Crippen LogP contribution in [0.15, 0.2) is 52.2 Å². The lowest BCUT2D eigenvalue weighted by Gasteiger charge is -2.20. The molecule has 7 nitrogen and oxygen atoms in total. The lowest BCUT2D eigenvalue weighted by Crippen LogP contribution is -2.14. The van der Waals surface area contributed by atoms with Gasteiger partial charge in [0.15, 0.2) is 0 Å². The standard InChI is InChI=1S/C15H18NO6P/c1-9(10-2-4-11(17)5-3-10)6-13-14(16-23(20,21)22)7-12(18)8-15(13)19/h2-5,8-9,17-19H,6-7H2,1H3,(H2,20,21,22). The average molecular weight is 339 g/mol. The summed E-state index contributed by atoms with van der Waals surface area (Å²) >= 11 is 0. The van der Waals surface area contributed by atoms with E-state index in [-0.39, 0.29) is 47.3 Å². The first kappa shape index (κ1) is 17.3. The van der Waals surface area contributed by atoms with E-state index in [4.69, 9.17) is 9.79 Å². The third kappa shape index (κ3) is 4.69. The number of aliphatic hydroxyl groups excluding tert-OH is 2. The number of hydrogen-bond acceptors (Lipinski definition) is 4. The molecule has 0 fully saturated rings. The first-order chi connectivity index (χ1) is 10.7. The van der Waals surface area contributed by atoms with E-state index < -0.39 is 7.75 Å². The minimum Gasteiger partial charge on any atom is -0.512 e. The summed E-state index contributed by atoms with van der Waals surface area (Å²) in [7, 11) is -4.68. The molecule has 124 valence electrons. The predicted octanol–water partition coefficient (Wildman–Crippen LogP) is 3.08. The second-order valence-corrected chi connectivity index (χ2v) is 6.66. The first-order valence-corrected chi connectivity index (χ1v) is 8.48. The number of aromatic hydroxyl groups is 1. The minimum atomic E-state index is -4.68. The molecular formula is C15H18NO6P. The number of hydrogen-bond donors (Lipinski definition) is 5. The summed E-state index contributed by atoms with van der Waals surface area (Å²) in [6, 6.07) is 6.54. The Morgan fingerprint density at radius 1 is 1.17 bits per heavy atom. The van der Waals surface area contributed by atoms with Crippen molar-refractivity contribution in [2.24, 2.45) is 4.76 Å². The topological polar surface area (TPSA) is 131 Å². The van der Waals surface area contributed by atoms with Crippen molar-refractivity contribution in [3.8, 4) is 5.75 Å². The van der Waals surface area contributed by atoms with Crippen LogP contribution in [0.25, 0.3) is 0 Å². The average Bonchev–Trinajstić information content (AvgIpc) is 2.41. The molecule has 1 unspecified atom stereocenters. The number of benzene rings is 1. The number of allylic oxidation sites excluding steroid dienone is 3. The number of phenolic OH excluding ortho intramolecular Hbond substituents is 1. The Morgan fingerprint density at radius 3 is 2.35 bits per heavy atom. The van der Waals surface area contributed by atoms with Gasteiger partial charge in [-0.1, -0.05) is 19.1 Å². The molecule has 1 aliphatic carbocycles. The van der Waals surface area contributed by atoms with Crippen LogP contribution in [0, 0.1) is 0 Å². The van der Waals surface area contributed by atoms with Crippen LogP contribution in [-0.4, -0.2) is 30.8 Å². The van der Waals surface area contributed by atoms with Crippen LogP contribution in [0.1, 0.15) is 31.2 Å². The zero-order valence-corrected chi connectivity index (χ0v) is 13.3. The summed E-state index contributed by atoms with van der Waals surface area (Å²) in [6.07, 6.45) is 1.28. The van der Waals surface area contributed by atoms with Gasteiger partial charge in [-0.05, 0) is 30.0 Å². The van der Waals surface area contributed by atoms with E-state index in [1.54, 1.807) is 12.1 Å². The van der Waals surface area contributed by atoms with Crippen LogP contribution in [0.4, 0.5) is 0 Å². The number of aliphatic hydroxyl groups is 2. The van der Waals surface area contributed by atoms with Crippen molar-refractivity contribution in [3.05, 3.63) is 53.0 Å². The SMILES string of the molecule is CC(CC1=C(O)C=C(O)CC1=NP(=O)(O)O)c1ccc(O)cc1. The normalized spacial score (nSPS) is 18.9. The highest BCUT2D eigenvalue weighted by Gasteiger charge is 2.25. The van der Waals surface area contributed by atoms with E-state index in [1.807, 2.05) is 6.92 Å². The molecule has 0 saturated carbocycles. The first-order valence-electron chi connectivity index (χ1n) is 6.91. The molecule has 23 heavy (non-hydrogen) atoms. The van der Waals surface area contributed by atoms with Gasteiger partial charge in [-0.15, -0.1) is 0 Å². The third-order valence-electron chi connectivity index (χ3n) is 3.53. The van der Waals surface area contributed by atoms with Gasteiger partial charge in [0.1, 0.15) is 17.3 Å². The molecule has 0 amide bonds. The molecule has 1 aliphatic rings. The quantitative estimate of drug-likeness (QED) is 0.536. The highest BCUT2D eigenvalue weighted by atomic mass is 31.2. The van der Waals surface area contributed by atoms with Crippen molar-refractivity contribution < 1.29 is 29.7 Å². The highest BCUT2D eigenvalue weighted by Crippen LogP contribution is 2.40. The van der Waals surface area contributed by atoms with E-state index in [9.17, 15) is 19.9 Å². The molecule has 0 heterocycles. The summed E-state index contributed by atoms with van der Waals surface area (Å²) in [5, 5.41) is 28.9. The summed E-state index contributed by atoms with van der Waals surface area (Å²) in [5.41, 5.74) is 1.14. The molecule has 1 aromatic rings. The zero-order chi connectivity index (χ0) is 17.2. The molecule has 0 aliphatic heterocycles. The predicted molar refractivity (Wildman–Crippen MR) is 85.6 cm³/mol. The third-order valence-corrected chi connectivity index (χ3v) is 4.03. The molecule has 0 aromatic heterocycles. The monoisotopic (exact) mass is 339 g/mol. The molecule has 5 N–H and O–H groups in total. The molecule has 8 heteroatoms. The maximum Gasteiger partial charge on any atom is 0.448 e. The summed E-state index contributed by atoms with van der Waals surface area (Å²) < 4.78 is 14.5. The van der Waals surface area contributed by atoms with E-state index in [1.165, 1.54) is 12.1 Å². The lowest BCUT2D eigenvalue weighted by molar-refractivity contribution is 0.372. The van der Waals surface area contributed by atoms with Crippen molar-refractivity contribution in [2.75, 3.05) is 0 Å². The van der Waals surface area contributed by atoms with Gasteiger partial charge in [0.2, 0.25) is 0 Å². The van der Waals surface area contributed by atoms with Crippen molar-refractivity contribution >= 4 is 13.5 Å². The molecule has 1 aromatic carbocycles. The fraction of sp³-hybridized carbons (Fsp3) is 0.267. The Morgan fingerprint density at radius 2 is 1.78 bits per heavy atom. The van der Waals surface area contributed by atoms with Gasteiger partial charge < -0.3 is 25.1 Å². The Bertz CT molecular complexity index is 729. The van der Waals surface area contributed by atoms with Gasteiger partial charge in [0, 0.05) is 18.1 Å². The maximum absolute atomic E-state index is 11.1. The van der Waals surface area contributed by atoms with Crippen molar-refractivity contribution in [1.29, 1.82) is 0 Å². The van der Waals surface area contributed by atoms with Crippen molar-refractivity contribution in [2.45, 2.75) is 25.7 Å². The number of phenols is 1. The van der Waals surface area contributed by atoms with E-state index in [2.05, 4.69) is 4.76 Å². The Labute approximate surface area is 133 Å². The van der Waals surface area contributed by atoms with E-state index >= 15 is 0 Å².